The van der Waals surface area contributed by atoms with Crippen LogP contribution >= 0.6 is 0 Å². The molecule has 0 unspecified atom stereocenters. The lowest BCUT2D eigenvalue weighted by molar-refractivity contribution is 0.0906. The average Bonchev–Trinajstić information content (AvgIpc) is 1.85. The minimum absolute atomic E-state index is 0.702. The number of hydrogen-bond donors (Lipinski definition) is 1. The minimum Gasteiger partial charge on any atom is -0.386 e. The van der Waals surface area contributed by atoms with E-state index in [4.69, 9.17) is 0 Å². The van der Waals surface area contributed by atoms with E-state index < -0.39 is 5.60 Å². The smallest absolute Gasteiger partial charge is 0.0826 e. The quantitative estimate of drug-likeness (QED) is 0.640. The van der Waals surface area contributed by atoms with Gasteiger partial charge < -0.3 is 5.11 Å². The molecule has 0 rings (SSSR count). The second kappa shape index (κ2) is 4.46. The molecule has 0 amide bonds. The van der Waals surface area contributed by atoms with Crippen LogP contribution in [0.4, 0.5) is 0 Å². The second-order valence-corrected chi connectivity index (χ2v) is 3.87. The summed E-state index contributed by atoms with van der Waals surface area (Å²) in [7, 11) is 0. The van der Waals surface area contributed by atoms with Crippen molar-refractivity contribution < 1.29 is 5.11 Å². The van der Waals surface area contributed by atoms with Crippen molar-refractivity contribution >= 4 is 0 Å². The number of rotatable bonds is 4. The predicted octanol–water partition coefficient (Wildman–Crippen LogP) is 3.06. The molecule has 1 heteroatoms. The van der Waals surface area contributed by atoms with Gasteiger partial charge in [-0.1, -0.05) is 18.2 Å². The molecule has 70 valence electrons. The van der Waals surface area contributed by atoms with Gasteiger partial charge >= 0.3 is 0 Å². The van der Waals surface area contributed by atoms with Crippen molar-refractivity contribution in [2.24, 2.45) is 0 Å². The maximum Gasteiger partial charge on any atom is 0.0826 e. The van der Waals surface area contributed by atoms with Crippen molar-refractivity contribution in [3.8, 4) is 0 Å². The van der Waals surface area contributed by atoms with Crippen molar-refractivity contribution in [2.75, 3.05) is 0 Å². The SMILES string of the molecule is C=C(C)[C@](C)(O)CCC=C(C)C. The van der Waals surface area contributed by atoms with E-state index in [1.807, 2.05) is 13.8 Å². The molecule has 0 aromatic heterocycles. The molecule has 0 aliphatic heterocycles. The first kappa shape index (κ1) is 11.4. The molecular weight excluding hydrogens is 148 g/mol. The van der Waals surface area contributed by atoms with Gasteiger partial charge in [0.15, 0.2) is 0 Å². The Bertz CT molecular complexity index is 183. The Morgan fingerprint density at radius 2 is 1.92 bits per heavy atom. The van der Waals surface area contributed by atoms with Gasteiger partial charge in [0, 0.05) is 0 Å². The van der Waals surface area contributed by atoms with Crippen LogP contribution in [0.15, 0.2) is 23.8 Å². The van der Waals surface area contributed by atoms with Crippen LogP contribution in [0, 0.1) is 0 Å². The molecule has 0 aromatic carbocycles. The molecule has 0 aromatic rings. The molecule has 0 aliphatic carbocycles. The zero-order valence-corrected chi connectivity index (χ0v) is 8.65. The van der Waals surface area contributed by atoms with Crippen molar-refractivity contribution in [1.29, 1.82) is 0 Å². The van der Waals surface area contributed by atoms with Crippen LogP contribution in [0.1, 0.15) is 40.5 Å². The molecule has 0 fully saturated rings. The summed E-state index contributed by atoms with van der Waals surface area (Å²) in [4.78, 5) is 0. The highest BCUT2D eigenvalue weighted by Crippen LogP contribution is 2.20. The maximum atomic E-state index is 9.78. The standard InChI is InChI=1S/C11H20O/c1-9(2)7-6-8-11(5,12)10(3)4/h7,12H,3,6,8H2,1-2,4-5H3/t11-/m1/s1. The lowest BCUT2D eigenvalue weighted by Crippen LogP contribution is -2.24. The largest absolute Gasteiger partial charge is 0.386 e. The molecule has 0 saturated heterocycles. The predicted molar refractivity (Wildman–Crippen MR) is 54.1 cm³/mol. The minimum atomic E-state index is -0.702. The van der Waals surface area contributed by atoms with Gasteiger partial charge in [-0.2, -0.15) is 0 Å². The molecule has 0 aliphatic rings. The Kier molecular flexibility index (Phi) is 4.25. The van der Waals surface area contributed by atoms with E-state index in [-0.39, 0.29) is 0 Å². The molecule has 1 nitrogen and oxygen atoms in total. The molecule has 0 saturated carbocycles. The van der Waals surface area contributed by atoms with E-state index in [0.29, 0.717) is 0 Å². The van der Waals surface area contributed by atoms with Crippen LogP contribution in [-0.4, -0.2) is 10.7 Å². The molecule has 0 heterocycles. The number of hydrogen-bond acceptors (Lipinski definition) is 1. The van der Waals surface area contributed by atoms with Gasteiger partial charge in [-0.05, 0) is 46.1 Å². The number of allylic oxidation sites excluding steroid dienone is 2. The fourth-order valence-corrected chi connectivity index (χ4v) is 0.855. The molecule has 0 bridgehead atoms. The summed E-state index contributed by atoms with van der Waals surface area (Å²) in [6.07, 6.45) is 3.81. The van der Waals surface area contributed by atoms with Crippen molar-refractivity contribution in [3.05, 3.63) is 23.8 Å². The lowest BCUT2D eigenvalue weighted by atomic mass is 9.93. The van der Waals surface area contributed by atoms with Crippen LogP contribution in [0.3, 0.4) is 0 Å². The Morgan fingerprint density at radius 1 is 1.42 bits per heavy atom. The van der Waals surface area contributed by atoms with Crippen LogP contribution in [0.5, 0.6) is 0 Å². The van der Waals surface area contributed by atoms with E-state index in [1.165, 1.54) is 5.57 Å². The summed E-state index contributed by atoms with van der Waals surface area (Å²) >= 11 is 0. The van der Waals surface area contributed by atoms with Crippen LogP contribution in [0.2, 0.25) is 0 Å². The monoisotopic (exact) mass is 168 g/mol. The van der Waals surface area contributed by atoms with E-state index in [1.54, 1.807) is 0 Å². The van der Waals surface area contributed by atoms with Crippen LogP contribution in [0.25, 0.3) is 0 Å². The lowest BCUT2D eigenvalue weighted by Gasteiger charge is -2.22. The van der Waals surface area contributed by atoms with Gasteiger partial charge in [0.05, 0.1) is 5.60 Å². The van der Waals surface area contributed by atoms with E-state index in [0.717, 1.165) is 18.4 Å². The summed E-state index contributed by atoms with van der Waals surface area (Å²) < 4.78 is 0. The topological polar surface area (TPSA) is 20.2 Å². The van der Waals surface area contributed by atoms with Gasteiger partial charge in [-0.3, -0.25) is 0 Å². The Labute approximate surface area is 75.8 Å². The third-order valence-electron chi connectivity index (χ3n) is 2.10. The summed E-state index contributed by atoms with van der Waals surface area (Å²) in [5.41, 5.74) is 1.43. The van der Waals surface area contributed by atoms with Crippen molar-refractivity contribution in [1.82, 2.24) is 0 Å². The van der Waals surface area contributed by atoms with Gasteiger partial charge in [0.1, 0.15) is 0 Å². The zero-order chi connectivity index (χ0) is 9.78. The Morgan fingerprint density at radius 3 is 2.25 bits per heavy atom. The molecule has 12 heavy (non-hydrogen) atoms. The highest BCUT2D eigenvalue weighted by molar-refractivity contribution is 5.07. The van der Waals surface area contributed by atoms with Crippen molar-refractivity contribution in [3.63, 3.8) is 0 Å². The van der Waals surface area contributed by atoms with Gasteiger partial charge in [0.2, 0.25) is 0 Å². The summed E-state index contributed by atoms with van der Waals surface area (Å²) in [6, 6.07) is 0. The van der Waals surface area contributed by atoms with Crippen LogP contribution < -0.4 is 0 Å². The molecular formula is C11H20O. The van der Waals surface area contributed by atoms with Crippen molar-refractivity contribution in [2.45, 2.75) is 46.1 Å². The molecule has 0 spiro atoms. The Hall–Kier alpha value is -0.560. The van der Waals surface area contributed by atoms with E-state index in [2.05, 4.69) is 26.5 Å². The first-order valence-corrected chi connectivity index (χ1v) is 4.38. The van der Waals surface area contributed by atoms with Gasteiger partial charge in [-0.25, -0.2) is 0 Å². The highest BCUT2D eigenvalue weighted by Gasteiger charge is 2.19. The molecule has 1 N–H and O–H groups in total. The van der Waals surface area contributed by atoms with Gasteiger partial charge in [-0.15, -0.1) is 0 Å². The first-order valence-electron chi connectivity index (χ1n) is 4.38. The first-order chi connectivity index (χ1) is 5.36. The van der Waals surface area contributed by atoms with Gasteiger partial charge in [0.25, 0.3) is 0 Å². The maximum absolute atomic E-state index is 9.78. The van der Waals surface area contributed by atoms with Crippen LogP contribution in [-0.2, 0) is 0 Å². The summed E-state index contributed by atoms with van der Waals surface area (Å²) in [5, 5.41) is 9.78. The highest BCUT2D eigenvalue weighted by atomic mass is 16.3. The second-order valence-electron chi connectivity index (χ2n) is 3.87. The average molecular weight is 168 g/mol. The fourth-order valence-electron chi connectivity index (χ4n) is 0.855. The summed E-state index contributed by atoms with van der Waals surface area (Å²) in [5.74, 6) is 0. The van der Waals surface area contributed by atoms with E-state index in [9.17, 15) is 5.11 Å². The zero-order valence-electron chi connectivity index (χ0n) is 8.65. The third kappa shape index (κ3) is 4.35. The number of aliphatic hydroxyl groups is 1. The molecule has 1 atom stereocenters. The normalized spacial score (nSPS) is 15.1. The molecule has 0 radical (unpaired) electrons. The third-order valence-corrected chi connectivity index (χ3v) is 2.10. The fraction of sp³-hybridized carbons (Fsp3) is 0.636. The van der Waals surface area contributed by atoms with E-state index >= 15 is 0 Å². The summed E-state index contributed by atoms with van der Waals surface area (Å²) in [6.45, 7) is 11.6. The Balaban J connectivity index is 3.93.